The van der Waals surface area contributed by atoms with Crippen molar-refractivity contribution in [2.24, 2.45) is 0 Å². The highest BCUT2D eigenvalue weighted by molar-refractivity contribution is 7.18. The highest BCUT2D eigenvalue weighted by Crippen LogP contribution is 2.29. The summed E-state index contributed by atoms with van der Waals surface area (Å²) in [6.07, 6.45) is -2.58. The minimum atomic E-state index is -2.58. The second kappa shape index (κ2) is 4.75. The second-order valence-electron chi connectivity index (χ2n) is 3.26. The fourth-order valence-electron chi connectivity index (χ4n) is 1.38. The van der Waals surface area contributed by atoms with Gasteiger partial charge in [0.25, 0.3) is 6.43 Å². The Morgan fingerprint density at radius 1 is 1.53 bits per heavy atom. The first kappa shape index (κ1) is 11.9. The van der Waals surface area contributed by atoms with Gasteiger partial charge < -0.3 is 4.74 Å². The van der Waals surface area contributed by atoms with E-state index in [1.807, 2.05) is 0 Å². The lowest BCUT2D eigenvalue weighted by molar-refractivity contribution is 0.0526. The zero-order chi connectivity index (χ0) is 12.4. The van der Waals surface area contributed by atoms with Crippen molar-refractivity contribution in [3.63, 3.8) is 0 Å². The number of alkyl halides is 2. The zero-order valence-electron chi connectivity index (χ0n) is 8.94. The zero-order valence-corrected chi connectivity index (χ0v) is 9.76. The first-order valence-corrected chi connectivity index (χ1v) is 5.79. The van der Waals surface area contributed by atoms with Crippen molar-refractivity contribution in [1.29, 1.82) is 0 Å². The van der Waals surface area contributed by atoms with Gasteiger partial charge in [-0.15, -0.1) is 11.3 Å². The highest BCUT2D eigenvalue weighted by atomic mass is 32.1. The van der Waals surface area contributed by atoms with E-state index in [9.17, 15) is 13.6 Å². The largest absolute Gasteiger partial charge is 0.462 e. The molecule has 3 nitrogen and oxygen atoms in total. The SMILES string of the molecule is CCOC(=O)c1ccc2nc(C(F)F)sc2c1. The number of nitrogens with zero attached hydrogens (tertiary/aromatic N) is 1. The molecule has 90 valence electrons. The van der Waals surface area contributed by atoms with E-state index in [1.54, 1.807) is 13.0 Å². The molecular formula is C11H9F2NO2S. The molecule has 0 radical (unpaired) electrons. The maximum atomic E-state index is 12.4. The number of ether oxygens (including phenoxy) is 1. The van der Waals surface area contributed by atoms with E-state index in [2.05, 4.69) is 4.98 Å². The third-order valence-electron chi connectivity index (χ3n) is 2.10. The van der Waals surface area contributed by atoms with Crippen molar-refractivity contribution < 1.29 is 18.3 Å². The van der Waals surface area contributed by atoms with Crippen molar-refractivity contribution in [3.8, 4) is 0 Å². The minimum absolute atomic E-state index is 0.235. The third kappa shape index (κ3) is 2.41. The molecule has 1 heterocycles. The lowest BCUT2D eigenvalue weighted by atomic mass is 10.2. The molecule has 0 atom stereocenters. The third-order valence-corrected chi connectivity index (χ3v) is 3.13. The Morgan fingerprint density at radius 2 is 2.29 bits per heavy atom. The van der Waals surface area contributed by atoms with Gasteiger partial charge in [0.05, 0.1) is 22.4 Å². The summed E-state index contributed by atoms with van der Waals surface area (Å²) in [5.41, 5.74) is 0.821. The molecule has 0 spiro atoms. The maximum absolute atomic E-state index is 12.4. The van der Waals surface area contributed by atoms with E-state index in [1.165, 1.54) is 12.1 Å². The van der Waals surface area contributed by atoms with Crippen molar-refractivity contribution >= 4 is 27.5 Å². The molecule has 1 aromatic heterocycles. The lowest BCUT2D eigenvalue weighted by Crippen LogP contribution is -2.03. The quantitative estimate of drug-likeness (QED) is 0.791. The number of esters is 1. The molecule has 2 rings (SSSR count). The van der Waals surface area contributed by atoms with Gasteiger partial charge in [-0.1, -0.05) is 0 Å². The van der Waals surface area contributed by atoms with Crippen LogP contribution in [0.25, 0.3) is 10.2 Å². The van der Waals surface area contributed by atoms with E-state index in [0.29, 0.717) is 15.8 Å². The first-order valence-electron chi connectivity index (χ1n) is 4.97. The van der Waals surface area contributed by atoms with Crippen LogP contribution < -0.4 is 0 Å². The van der Waals surface area contributed by atoms with Gasteiger partial charge >= 0.3 is 5.97 Å². The normalized spacial score (nSPS) is 11.1. The number of hydrogen-bond donors (Lipinski definition) is 0. The molecule has 0 bridgehead atoms. The molecule has 0 saturated heterocycles. The van der Waals surface area contributed by atoms with E-state index in [4.69, 9.17) is 4.74 Å². The van der Waals surface area contributed by atoms with E-state index in [0.717, 1.165) is 11.3 Å². The number of aromatic nitrogens is 1. The molecule has 0 amide bonds. The Bertz CT molecular complexity index is 553. The number of carbonyl (C=O) groups is 1. The number of thiazole rings is 1. The number of fused-ring (bicyclic) bond motifs is 1. The Kier molecular flexibility index (Phi) is 3.33. The molecule has 1 aromatic carbocycles. The summed E-state index contributed by atoms with van der Waals surface area (Å²) in [4.78, 5) is 15.2. The van der Waals surface area contributed by atoms with Crippen LogP contribution in [-0.2, 0) is 4.74 Å². The summed E-state index contributed by atoms with van der Waals surface area (Å²) in [6, 6.07) is 4.59. The average molecular weight is 257 g/mol. The molecule has 2 aromatic rings. The molecule has 0 unspecified atom stereocenters. The first-order chi connectivity index (χ1) is 8.11. The van der Waals surface area contributed by atoms with Crippen LogP contribution in [-0.4, -0.2) is 17.6 Å². The van der Waals surface area contributed by atoms with Gasteiger partial charge in [0, 0.05) is 0 Å². The summed E-state index contributed by atoms with van der Waals surface area (Å²) in [7, 11) is 0. The van der Waals surface area contributed by atoms with Gasteiger partial charge in [0.2, 0.25) is 0 Å². The second-order valence-corrected chi connectivity index (χ2v) is 4.32. The molecule has 17 heavy (non-hydrogen) atoms. The monoisotopic (exact) mass is 257 g/mol. The van der Waals surface area contributed by atoms with Crippen molar-refractivity contribution in [1.82, 2.24) is 4.98 Å². The van der Waals surface area contributed by atoms with Gasteiger partial charge in [-0.25, -0.2) is 18.6 Å². The van der Waals surface area contributed by atoms with Gasteiger partial charge in [-0.3, -0.25) is 0 Å². The van der Waals surface area contributed by atoms with Crippen LogP contribution in [0.2, 0.25) is 0 Å². The van der Waals surface area contributed by atoms with Crippen LogP contribution in [0.1, 0.15) is 28.7 Å². The number of hydrogen-bond acceptors (Lipinski definition) is 4. The maximum Gasteiger partial charge on any atom is 0.338 e. The van der Waals surface area contributed by atoms with Crippen LogP contribution >= 0.6 is 11.3 Å². The molecule has 0 aliphatic rings. The van der Waals surface area contributed by atoms with Gasteiger partial charge in [-0.2, -0.15) is 0 Å². The minimum Gasteiger partial charge on any atom is -0.462 e. The summed E-state index contributed by atoms with van der Waals surface area (Å²) in [5.74, 6) is -0.457. The summed E-state index contributed by atoms with van der Waals surface area (Å²) in [6.45, 7) is 1.99. The molecule has 0 aliphatic carbocycles. The highest BCUT2D eigenvalue weighted by Gasteiger charge is 2.15. The Morgan fingerprint density at radius 3 is 2.94 bits per heavy atom. The lowest BCUT2D eigenvalue weighted by Gasteiger charge is -2.00. The molecule has 0 saturated carbocycles. The Labute approximate surface area is 100 Å². The summed E-state index contributed by atoms with van der Waals surface area (Å²) < 4.78 is 30.3. The number of halogens is 2. The van der Waals surface area contributed by atoms with Crippen molar-refractivity contribution in [2.75, 3.05) is 6.61 Å². The molecule has 0 aliphatic heterocycles. The predicted molar refractivity (Wildman–Crippen MR) is 60.5 cm³/mol. The van der Waals surface area contributed by atoms with Crippen LogP contribution in [0.5, 0.6) is 0 Å². The Balaban J connectivity index is 2.40. The van der Waals surface area contributed by atoms with Crippen molar-refractivity contribution in [2.45, 2.75) is 13.3 Å². The van der Waals surface area contributed by atoms with Gasteiger partial charge in [0.15, 0.2) is 5.01 Å². The number of rotatable bonds is 3. The molecule has 0 N–H and O–H groups in total. The topological polar surface area (TPSA) is 39.2 Å². The fraction of sp³-hybridized carbons (Fsp3) is 0.273. The summed E-state index contributed by atoms with van der Waals surface area (Å²) >= 11 is 0.886. The average Bonchev–Trinajstić information content (AvgIpc) is 2.71. The summed E-state index contributed by atoms with van der Waals surface area (Å²) in [5, 5.41) is -0.235. The number of carbonyl (C=O) groups excluding carboxylic acids is 1. The van der Waals surface area contributed by atoms with E-state index >= 15 is 0 Å². The molecule has 6 heteroatoms. The van der Waals surface area contributed by atoms with Crippen LogP contribution in [0.3, 0.4) is 0 Å². The van der Waals surface area contributed by atoms with Crippen LogP contribution in [0.4, 0.5) is 8.78 Å². The standard InChI is InChI=1S/C11H9F2NO2S/c1-2-16-11(15)6-3-4-7-8(5-6)17-10(14-7)9(12)13/h3-5,9H,2H2,1H3. The van der Waals surface area contributed by atoms with Crippen LogP contribution in [0.15, 0.2) is 18.2 Å². The fourth-order valence-corrected chi connectivity index (χ4v) is 2.24. The van der Waals surface area contributed by atoms with E-state index < -0.39 is 12.4 Å². The smallest absolute Gasteiger partial charge is 0.338 e. The van der Waals surface area contributed by atoms with Gasteiger partial charge in [0.1, 0.15) is 0 Å². The van der Waals surface area contributed by atoms with Gasteiger partial charge in [-0.05, 0) is 25.1 Å². The Hall–Kier alpha value is -1.56. The predicted octanol–water partition coefficient (Wildman–Crippen LogP) is 3.41. The number of benzene rings is 1. The molecular weight excluding hydrogens is 248 g/mol. The van der Waals surface area contributed by atoms with Crippen molar-refractivity contribution in [3.05, 3.63) is 28.8 Å². The van der Waals surface area contributed by atoms with Crippen LogP contribution in [0, 0.1) is 0 Å². The van der Waals surface area contributed by atoms with E-state index in [-0.39, 0.29) is 11.6 Å². The molecule has 0 fully saturated rings.